The minimum absolute atomic E-state index is 0. The summed E-state index contributed by atoms with van der Waals surface area (Å²) >= 11 is 0. The first-order valence-electron chi connectivity index (χ1n) is 7.14. The standard InChI is InChI=1S/C15H27O.U/c1-11-4-3-5-14(8-11)15-9-13(10-16)7-6-12(15)2;/h11-16H,1,3-10H2,2H3;/q-1;. The molecule has 0 spiro atoms. The molecule has 17 heavy (non-hydrogen) atoms. The van der Waals surface area contributed by atoms with Crippen molar-refractivity contribution < 1.29 is 36.2 Å². The molecular weight excluding hydrogens is 434 g/mol. The van der Waals surface area contributed by atoms with Crippen LogP contribution < -0.4 is 0 Å². The Balaban J connectivity index is 0.00000144. The fourth-order valence-corrected chi connectivity index (χ4v) is 3.99. The van der Waals surface area contributed by atoms with Crippen LogP contribution in [0.15, 0.2) is 0 Å². The first-order chi connectivity index (χ1) is 7.70. The molecule has 2 saturated carbocycles. The van der Waals surface area contributed by atoms with Crippen molar-refractivity contribution in [3.05, 3.63) is 6.92 Å². The molecule has 2 aliphatic rings. The van der Waals surface area contributed by atoms with E-state index in [1.165, 1.54) is 44.9 Å². The Bertz CT molecular complexity index is 219. The number of hydrogen-bond acceptors (Lipinski definition) is 1. The van der Waals surface area contributed by atoms with Crippen LogP contribution in [0.2, 0.25) is 0 Å². The largest absolute Gasteiger partial charge is 0.396 e. The van der Waals surface area contributed by atoms with Gasteiger partial charge in [-0.25, -0.2) is 0 Å². The maximum absolute atomic E-state index is 9.33. The van der Waals surface area contributed by atoms with Crippen LogP contribution in [0.3, 0.4) is 0 Å². The molecule has 0 amide bonds. The molecule has 5 atom stereocenters. The van der Waals surface area contributed by atoms with Crippen molar-refractivity contribution in [1.82, 2.24) is 0 Å². The molecule has 1 N–H and O–H groups in total. The van der Waals surface area contributed by atoms with E-state index in [-0.39, 0.29) is 31.1 Å². The van der Waals surface area contributed by atoms with Crippen molar-refractivity contribution in [3.63, 3.8) is 0 Å². The third-order valence-electron chi connectivity index (χ3n) is 5.05. The third kappa shape index (κ3) is 4.26. The first kappa shape index (κ1) is 16.1. The predicted octanol–water partition coefficient (Wildman–Crippen LogP) is 3.67. The Morgan fingerprint density at radius 2 is 1.88 bits per heavy atom. The summed E-state index contributed by atoms with van der Waals surface area (Å²) in [6.07, 6.45) is 9.32. The Labute approximate surface area is 131 Å². The fraction of sp³-hybridized carbons (Fsp3) is 0.933. The van der Waals surface area contributed by atoms with E-state index in [0.717, 1.165) is 17.8 Å². The van der Waals surface area contributed by atoms with Crippen LogP contribution in [-0.2, 0) is 0 Å². The van der Waals surface area contributed by atoms with Crippen LogP contribution in [0.25, 0.3) is 0 Å². The van der Waals surface area contributed by atoms with Gasteiger partial charge in [0.05, 0.1) is 0 Å². The molecule has 0 aromatic rings. The average Bonchev–Trinajstić information content (AvgIpc) is 2.30. The summed E-state index contributed by atoms with van der Waals surface area (Å²) in [6, 6.07) is 0. The van der Waals surface area contributed by atoms with E-state index in [9.17, 15) is 5.11 Å². The molecule has 2 rings (SSSR count). The second-order valence-electron chi connectivity index (χ2n) is 6.30. The van der Waals surface area contributed by atoms with E-state index < -0.39 is 0 Å². The van der Waals surface area contributed by atoms with Gasteiger partial charge in [0.1, 0.15) is 0 Å². The molecule has 0 saturated heterocycles. The van der Waals surface area contributed by atoms with Gasteiger partial charge in [-0.05, 0) is 36.5 Å². The predicted molar refractivity (Wildman–Crippen MR) is 67.9 cm³/mol. The second-order valence-corrected chi connectivity index (χ2v) is 6.30. The van der Waals surface area contributed by atoms with Gasteiger partial charge >= 0.3 is 0 Å². The Kier molecular flexibility index (Phi) is 7.15. The van der Waals surface area contributed by atoms with Gasteiger partial charge in [-0.2, -0.15) is 5.92 Å². The maximum Gasteiger partial charge on any atom is 0.0459 e. The third-order valence-corrected chi connectivity index (χ3v) is 5.05. The van der Waals surface area contributed by atoms with Crippen molar-refractivity contribution in [2.75, 3.05) is 6.61 Å². The van der Waals surface area contributed by atoms with Crippen LogP contribution in [0.1, 0.15) is 51.9 Å². The van der Waals surface area contributed by atoms with E-state index in [1.54, 1.807) is 0 Å². The van der Waals surface area contributed by atoms with Crippen molar-refractivity contribution in [2.45, 2.75) is 51.9 Å². The molecule has 0 bridgehead atoms. The molecule has 0 heterocycles. The number of aliphatic hydroxyl groups is 1. The van der Waals surface area contributed by atoms with Gasteiger partial charge in [0, 0.05) is 37.7 Å². The zero-order valence-corrected chi connectivity index (χ0v) is 15.4. The SMILES string of the molecule is [CH2-]C1CCCC(C2CC(CO)CCC2C)C1.[U]. The average molecular weight is 461 g/mol. The zero-order chi connectivity index (χ0) is 11.5. The van der Waals surface area contributed by atoms with E-state index in [2.05, 4.69) is 13.8 Å². The number of hydrogen-bond donors (Lipinski definition) is 1. The summed E-state index contributed by atoms with van der Waals surface area (Å²) in [5.41, 5.74) is 0. The van der Waals surface area contributed by atoms with E-state index in [0.29, 0.717) is 18.4 Å². The normalized spacial score (nSPS) is 42.9. The van der Waals surface area contributed by atoms with Gasteiger partial charge in [0.2, 0.25) is 0 Å². The van der Waals surface area contributed by atoms with Crippen molar-refractivity contribution in [1.29, 1.82) is 0 Å². The summed E-state index contributed by atoms with van der Waals surface area (Å²) < 4.78 is 0. The van der Waals surface area contributed by atoms with Crippen LogP contribution in [0, 0.1) is 67.6 Å². The fourth-order valence-electron chi connectivity index (χ4n) is 3.99. The molecule has 5 unspecified atom stereocenters. The number of rotatable bonds is 2. The summed E-state index contributed by atoms with van der Waals surface area (Å²) in [6.45, 7) is 7.09. The molecule has 1 nitrogen and oxygen atoms in total. The van der Waals surface area contributed by atoms with Gasteiger partial charge in [0.15, 0.2) is 0 Å². The van der Waals surface area contributed by atoms with Crippen molar-refractivity contribution in [3.8, 4) is 0 Å². The van der Waals surface area contributed by atoms with E-state index >= 15 is 0 Å². The molecule has 2 aliphatic carbocycles. The van der Waals surface area contributed by atoms with Crippen LogP contribution in [0.5, 0.6) is 0 Å². The van der Waals surface area contributed by atoms with Crippen molar-refractivity contribution in [2.24, 2.45) is 29.6 Å². The second kappa shape index (κ2) is 7.56. The monoisotopic (exact) mass is 461 g/mol. The van der Waals surface area contributed by atoms with Crippen LogP contribution in [0.4, 0.5) is 0 Å². The van der Waals surface area contributed by atoms with Crippen LogP contribution >= 0.6 is 0 Å². The maximum atomic E-state index is 9.33. The number of aliphatic hydroxyl groups excluding tert-OH is 1. The molecule has 0 aromatic heterocycles. The first-order valence-corrected chi connectivity index (χ1v) is 7.14. The molecule has 0 radical (unpaired) electrons. The van der Waals surface area contributed by atoms with Gasteiger partial charge in [-0.1, -0.05) is 39.0 Å². The van der Waals surface area contributed by atoms with Gasteiger partial charge in [-0.3, -0.25) is 0 Å². The summed E-state index contributed by atoms with van der Waals surface area (Å²) in [4.78, 5) is 0. The Hall–Kier alpha value is 1.01. The van der Waals surface area contributed by atoms with Crippen LogP contribution in [-0.4, -0.2) is 11.7 Å². The molecule has 0 aromatic carbocycles. The molecule has 2 fully saturated rings. The minimum atomic E-state index is 0. The van der Waals surface area contributed by atoms with E-state index in [1.807, 2.05) is 0 Å². The smallest absolute Gasteiger partial charge is 0.0459 e. The Morgan fingerprint density at radius 1 is 1.12 bits per heavy atom. The quantitative estimate of drug-likeness (QED) is 0.623. The van der Waals surface area contributed by atoms with E-state index in [4.69, 9.17) is 0 Å². The van der Waals surface area contributed by atoms with Gasteiger partial charge in [0.25, 0.3) is 0 Å². The topological polar surface area (TPSA) is 20.2 Å². The Morgan fingerprint density at radius 3 is 2.53 bits per heavy atom. The van der Waals surface area contributed by atoms with Gasteiger partial charge in [-0.15, -0.1) is 0 Å². The summed E-state index contributed by atoms with van der Waals surface area (Å²) in [7, 11) is 0. The molecule has 0 aliphatic heterocycles. The van der Waals surface area contributed by atoms with Crippen molar-refractivity contribution >= 4 is 0 Å². The van der Waals surface area contributed by atoms with Gasteiger partial charge < -0.3 is 12.0 Å². The zero-order valence-electron chi connectivity index (χ0n) is 11.2. The minimum Gasteiger partial charge on any atom is -0.396 e. The molecular formula is C15H27OU-. The summed E-state index contributed by atoms with van der Waals surface area (Å²) in [5.74, 6) is 3.93. The molecule has 2 heteroatoms. The summed E-state index contributed by atoms with van der Waals surface area (Å²) in [5, 5.41) is 9.33. The molecule has 98 valence electrons.